The predicted molar refractivity (Wildman–Crippen MR) is 118 cm³/mol. The highest BCUT2D eigenvalue weighted by atomic mass is 32.2. The third kappa shape index (κ3) is 4.36. The summed E-state index contributed by atoms with van der Waals surface area (Å²) in [5.74, 6) is -1.64. The van der Waals surface area contributed by atoms with Gasteiger partial charge in [-0.15, -0.1) is 0 Å². The maximum Gasteiger partial charge on any atom is 0.271 e. The summed E-state index contributed by atoms with van der Waals surface area (Å²) in [6.45, 7) is 0. The monoisotopic (exact) mass is 458 g/mol. The summed E-state index contributed by atoms with van der Waals surface area (Å²) in [7, 11) is -3.38. The van der Waals surface area contributed by atoms with Crippen molar-refractivity contribution in [2.45, 2.75) is 48.3 Å². The first kappa shape index (κ1) is 21.9. The van der Waals surface area contributed by atoms with Gasteiger partial charge in [0.25, 0.3) is 5.91 Å². The molecule has 2 amide bonds. The molecule has 1 aliphatic heterocycles. The zero-order valence-corrected chi connectivity index (χ0v) is 18.0. The second-order valence-corrected chi connectivity index (χ2v) is 10.1. The number of anilines is 2. The van der Waals surface area contributed by atoms with Gasteiger partial charge in [-0.3, -0.25) is 14.6 Å². The number of carbonyl (C=O) groups excluding carboxylic acids is 2. The number of carbonyl (C=O) groups is 2. The van der Waals surface area contributed by atoms with Crippen LogP contribution in [0.3, 0.4) is 0 Å². The molecule has 1 atom stereocenters. The van der Waals surface area contributed by atoms with E-state index in [1.165, 1.54) is 53.5 Å². The molecule has 1 heterocycles. The second-order valence-electron chi connectivity index (χ2n) is 7.92. The first-order valence-corrected chi connectivity index (χ1v) is 11.9. The van der Waals surface area contributed by atoms with E-state index < -0.39 is 33.5 Å². The molecule has 8 nitrogen and oxygen atoms in total. The molecule has 1 saturated carbocycles. The van der Waals surface area contributed by atoms with Crippen molar-refractivity contribution in [3.8, 4) is 0 Å². The molecule has 0 radical (unpaired) electrons. The van der Waals surface area contributed by atoms with Crippen molar-refractivity contribution >= 4 is 38.7 Å². The lowest BCUT2D eigenvalue weighted by Gasteiger charge is -2.20. The molecule has 168 valence electrons. The lowest BCUT2D eigenvalue weighted by atomic mass is 10.1. The van der Waals surface area contributed by atoms with Crippen molar-refractivity contribution in [1.29, 1.82) is 0 Å². The number of rotatable bonds is 6. The van der Waals surface area contributed by atoms with Crippen LogP contribution in [0.5, 0.6) is 0 Å². The van der Waals surface area contributed by atoms with Crippen molar-refractivity contribution in [1.82, 2.24) is 0 Å². The number of nitrogens with one attached hydrogen (secondary N) is 1. The molecule has 0 spiro atoms. The van der Waals surface area contributed by atoms with Gasteiger partial charge in [0.2, 0.25) is 5.91 Å². The van der Waals surface area contributed by atoms with E-state index in [2.05, 4.69) is 10.4 Å². The fourth-order valence-electron chi connectivity index (χ4n) is 4.02. The lowest BCUT2D eigenvalue weighted by molar-refractivity contribution is -0.119. The molecule has 1 aliphatic carbocycles. The first-order chi connectivity index (χ1) is 15.3. The Morgan fingerprint density at radius 2 is 1.66 bits per heavy atom. The van der Waals surface area contributed by atoms with Gasteiger partial charge in [0.15, 0.2) is 9.84 Å². The molecule has 0 aromatic heterocycles. The van der Waals surface area contributed by atoms with Crippen LogP contribution in [-0.2, 0) is 19.4 Å². The number of primary amides is 1. The number of hydrogen-bond acceptors (Lipinski definition) is 6. The van der Waals surface area contributed by atoms with Crippen LogP contribution in [0.15, 0.2) is 58.5 Å². The van der Waals surface area contributed by atoms with Crippen molar-refractivity contribution in [2.24, 2.45) is 10.8 Å². The summed E-state index contributed by atoms with van der Waals surface area (Å²) in [5.41, 5.74) is 6.38. The molecule has 1 unspecified atom stereocenters. The average Bonchev–Trinajstić information content (AvgIpc) is 3.46. The van der Waals surface area contributed by atoms with Gasteiger partial charge in [-0.25, -0.2) is 12.8 Å². The highest BCUT2D eigenvalue weighted by Gasteiger charge is 2.35. The molecule has 4 rings (SSSR count). The lowest BCUT2D eigenvalue weighted by Crippen LogP contribution is -2.39. The highest BCUT2D eigenvalue weighted by Crippen LogP contribution is 2.30. The molecule has 2 aromatic carbocycles. The highest BCUT2D eigenvalue weighted by molar-refractivity contribution is 7.92. The Balaban J connectivity index is 1.49. The van der Waals surface area contributed by atoms with Crippen molar-refractivity contribution in [2.75, 3.05) is 10.3 Å². The fourth-order valence-corrected chi connectivity index (χ4v) is 5.88. The quantitative estimate of drug-likeness (QED) is 0.689. The predicted octanol–water partition coefficient (Wildman–Crippen LogP) is 2.60. The van der Waals surface area contributed by atoms with Crippen molar-refractivity contribution in [3.63, 3.8) is 0 Å². The molecular formula is C22H23FN4O4S. The minimum Gasteiger partial charge on any atom is -0.368 e. The summed E-state index contributed by atoms with van der Waals surface area (Å²) in [5, 5.41) is 7.84. The number of nitrogens with zero attached hydrogens (tertiary/aromatic N) is 2. The van der Waals surface area contributed by atoms with Crippen LogP contribution < -0.4 is 16.1 Å². The summed E-state index contributed by atoms with van der Waals surface area (Å²) in [4.78, 5) is 24.8. The Morgan fingerprint density at radius 1 is 1.03 bits per heavy atom. The number of amides is 2. The average molecular weight is 459 g/mol. The minimum absolute atomic E-state index is 0.00726. The van der Waals surface area contributed by atoms with Gasteiger partial charge in [0.05, 0.1) is 15.8 Å². The van der Waals surface area contributed by atoms with Gasteiger partial charge in [0.1, 0.15) is 17.6 Å². The first-order valence-electron chi connectivity index (χ1n) is 10.3. The zero-order valence-electron chi connectivity index (χ0n) is 17.2. The van der Waals surface area contributed by atoms with E-state index in [9.17, 15) is 22.4 Å². The molecule has 2 aliphatic rings. The van der Waals surface area contributed by atoms with Crippen LogP contribution in [0.2, 0.25) is 0 Å². The number of hydrazone groups is 1. The molecule has 32 heavy (non-hydrogen) atoms. The van der Waals surface area contributed by atoms with Crippen LogP contribution in [0.4, 0.5) is 15.8 Å². The van der Waals surface area contributed by atoms with Gasteiger partial charge in [-0.1, -0.05) is 12.8 Å². The van der Waals surface area contributed by atoms with Crippen molar-refractivity contribution < 1.29 is 22.4 Å². The molecule has 2 aromatic rings. The Morgan fingerprint density at radius 3 is 2.25 bits per heavy atom. The standard InChI is InChI=1S/C22H23FN4O4S/c23-14-5-9-16(10-6-14)27-20(21(24)28)13-19(26-27)22(29)25-15-7-11-18(12-8-15)32(30,31)17-3-1-2-4-17/h5-12,17,20H,1-4,13H2,(H2,24,28)(H,25,29). The maximum atomic E-state index is 13.2. The number of sulfone groups is 1. The maximum absolute atomic E-state index is 13.2. The van der Waals surface area contributed by atoms with Crippen LogP contribution in [0.1, 0.15) is 32.1 Å². The van der Waals surface area contributed by atoms with Gasteiger partial charge in [-0.05, 0) is 61.4 Å². The van der Waals surface area contributed by atoms with E-state index in [0.29, 0.717) is 24.2 Å². The molecular weight excluding hydrogens is 435 g/mol. The van der Waals surface area contributed by atoms with Crippen LogP contribution in [-0.4, -0.2) is 37.2 Å². The van der Waals surface area contributed by atoms with E-state index in [-0.39, 0.29) is 22.3 Å². The SMILES string of the molecule is NC(=O)C1CC(C(=O)Nc2ccc(S(=O)(=O)C3CCCC3)cc2)=NN1c1ccc(F)cc1. The largest absolute Gasteiger partial charge is 0.368 e. The van der Waals surface area contributed by atoms with Crippen molar-refractivity contribution in [3.05, 3.63) is 54.3 Å². The molecule has 3 N–H and O–H groups in total. The number of halogens is 1. The summed E-state index contributed by atoms with van der Waals surface area (Å²) < 4.78 is 38.6. The molecule has 1 fully saturated rings. The van der Waals surface area contributed by atoms with E-state index >= 15 is 0 Å². The normalized spacial score (nSPS) is 19.1. The molecule has 0 saturated heterocycles. The Kier molecular flexibility index (Phi) is 5.96. The summed E-state index contributed by atoms with van der Waals surface area (Å²) in [6.07, 6.45) is 3.17. The van der Waals surface area contributed by atoms with Crippen LogP contribution in [0, 0.1) is 5.82 Å². The van der Waals surface area contributed by atoms with Crippen LogP contribution in [0.25, 0.3) is 0 Å². The summed E-state index contributed by atoms with van der Waals surface area (Å²) >= 11 is 0. The van der Waals surface area contributed by atoms with E-state index in [4.69, 9.17) is 5.73 Å². The third-order valence-electron chi connectivity index (χ3n) is 5.77. The number of nitrogens with two attached hydrogens (primary N) is 1. The Bertz CT molecular complexity index is 1160. The molecule has 0 bridgehead atoms. The van der Waals surface area contributed by atoms with Gasteiger partial charge < -0.3 is 11.1 Å². The Labute approximate surface area is 185 Å². The minimum atomic E-state index is -3.38. The van der Waals surface area contributed by atoms with Gasteiger partial charge in [-0.2, -0.15) is 5.10 Å². The fraction of sp³-hybridized carbons (Fsp3) is 0.318. The number of benzene rings is 2. The summed E-state index contributed by atoms with van der Waals surface area (Å²) in [6, 6.07) is 10.5. The van der Waals surface area contributed by atoms with Gasteiger partial charge >= 0.3 is 0 Å². The number of hydrogen-bond donors (Lipinski definition) is 2. The zero-order chi connectivity index (χ0) is 22.9. The Hall–Kier alpha value is -3.27. The van der Waals surface area contributed by atoms with Crippen LogP contribution >= 0.6 is 0 Å². The smallest absolute Gasteiger partial charge is 0.271 e. The molecule has 10 heteroatoms. The second kappa shape index (κ2) is 8.70. The topological polar surface area (TPSA) is 122 Å². The van der Waals surface area contributed by atoms with E-state index in [1.54, 1.807) is 0 Å². The van der Waals surface area contributed by atoms with E-state index in [0.717, 1.165) is 12.8 Å². The van der Waals surface area contributed by atoms with E-state index in [1.807, 2.05) is 0 Å². The third-order valence-corrected chi connectivity index (χ3v) is 8.05. The van der Waals surface area contributed by atoms with Gasteiger partial charge in [0, 0.05) is 12.1 Å².